The van der Waals surface area contributed by atoms with Crippen LogP contribution in [-0.4, -0.2) is 10.8 Å². The van der Waals surface area contributed by atoms with Crippen LogP contribution in [0.1, 0.15) is 5.56 Å². The zero-order chi connectivity index (χ0) is 14.1. The fourth-order valence-electron chi connectivity index (χ4n) is 1.84. The van der Waals surface area contributed by atoms with Crippen LogP contribution < -0.4 is 5.73 Å². The molecule has 1 heterocycles. The van der Waals surface area contributed by atoms with Crippen molar-refractivity contribution >= 4 is 50.8 Å². The van der Waals surface area contributed by atoms with E-state index in [0.717, 1.165) is 19.5 Å². The Kier molecular flexibility index (Phi) is 3.65. The van der Waals surface area contributed by atoms with E-state index in [9.17, 15) is 0 Å². The number of hydrogen-bond donors (Lipinski definition) is 2. The second-order valence-electron chi connectivity index (χ2n) is 4.08. The molecule has 0 unspecified atom stereocenters. The van der Waals surface area contributed by atoms with Gasteiger partial charge in [0, 0.05) is 10.5 Å². The van der Waals surface area contributed by atoms with Gasteiger partial charge < -0.3 is 5.73 Å². The topological polar surface area (TPSA) is 62.8 Å². The summed E-state index contributed by atoms with van der Waals surface area (Å²) in [6.07, 6.45) is 0. The summed E-state index contributed by atoms with van der Waals surface area (Å²) >= 11 is 9.22. The second kappa shape index (κ2) is 5.44. The standard InChI is InChI=1S/C14H10ClN3S2/c15-8-4-3-7-11(12(8)13(16)17)20-14-18-9-5-1-2-6-10(9)19-14/h1-7H,(H3,16,17). The summed E-state index contributed by atoms with van der Waals surface area (Å²) in [7, 11) is 0. The molecule has 0 spiro atoms. The van der Waals surface area contributed by atoms with Gasteiger partial charge in [-0.05, 0) is 24.3 Å². The Morgan fingerprint density at radius 1 is 1.20 bits per heavy atom. The average Bonchev–Trinajstić information content (AvgIpc) is 2.80. The van der Waals surface area contributed by atoms with Crippen molar-refractivity contribution in [3.05, 3.63) is 53.1 Å². The number of amidine groups is 1. The SMILES string of the molecule is N=C(N)c1c(Cl)cccc1Sc1nc2ccccc2s1. The number of nitrogens with two attached hydrogens (primary N) is 1. The van der Waals surface area contributed by atoms with E-state index < -0.39 is 0 Å². The van der Waals surface area contributed by atoms with Crippen molar-refractivity contribution < 1.29 is 0 Å². The van der Waals surface area contributed by atoms with Crippen molar-refractivity contribution in [3.8, 4) is 0 Å². The minimum Gasteiger partial charge on any atom is -0.384 e. The summed E-state index contributed by atoms with van der Waals surface area (Å²) in [4.78, 5) is 5.42. The summed E-state index contributed by atoms with van der Waals surface area (Å²) in [6, 6.07) is 13.5. The molecule has 3 N–H and O–H groups in total. The molecule has 0 saturated heterocycles. The molecule has 100 valence electrons. The van der Waals surface area contributed by atoms with Crippen molar-refractivity contribution in [2.45, 2.75) is 9.24 Å². The highest BCUT2D eigenvalue weighted by Crippen LogP contribution is 2.37. The Morgan fingerprint density at radius 2 is 2.00 bits per heavy atom. The van der Waals surface area contributed by atoms with Crippen molar-refractivity contribution in [1.82, 2.24) is 4.98 Å². The number of nitrogens with zero attached hydrogens (tertiary/aromatic N) is 1. The van der Waals surface area contributed by atoms with Crippen LogP contribution in [0.25, 0.3) is 10.2 Å². The zero-order valence-corrected chi connectivity index (χ0v) is 12.6. The highest BCUT2D eigenvalue weighted by atomic mass is 35.5. The summed E-state index contributed by atoms with van der Waals surface area (Å²) in [5.41, 5.74) is 7.16. The molecular weight excluding hydrogens is 310 g/mol. The summed E-state index contributed by atoms with van der Waals surface area (Å²) < 4.78 is 2.05. The molecule has 20 heavy (non-hydrogen) atoms. The lowest BCUT2D eigenvalue weighted by Gasteiger charge is -2.07. The molecule has 3 rings (SSSR count). The number of aromatic nitrogens is 1. The molecular formula is C14H10ClN3S2. The Morgan fingerprint density at radius 3 is 2.75 bits per heavy atom. The van der Waals surface area contributed by atoms with E-state index >= 15 is 0 Å². The van der Waals surface area contributed by atoms with Crippen molar-refractivity contribution in [2.75, 3.05) is 0 Å². The molecule has 6 heteroatoms. The predicted molar refractivity (Wildman–Crippen MR) is 86.2 cm³/mol. The number of nitrogen functional groups attached to an aromatic ring is 1. The third kappa shape index (κ3) is 2.52. The minimum atomic E-state index is -0.0285. The fraction of sp³-hybridized carbons (Fsp3) is 0. The highest BCUT2D eigenvalue weighted by Gasteiger charge is 2.13. The quantitative estimate of drug-likeness (QED) is 0.556. The Bertz CT molecular complexity index is 765. The van der Waals surface area contributed by atoms with Crippen molar-refractivity contribution in [3.63, 3.8) is 0 Å². The molecule has 1 aromatic heterocycles. The molecule has 0 fully saturated rings. The number of halogens is 1. The lowest BCUT2D eigenvalue weighted by atomic mass is 10.2. The monoisotopic (exact) mass is 319 g/mol. The van der Waals surface area contributed by atoms with Crippen LogP contribution in [0, 0.1) is 5.41 Å². The van der Waals surface area contributed by atoms with Gasteiger partial charge in [-0.3, -0.25) is 5.41 Å². The van der Waals surface area contributed by atoms with Gasteiger partial charge in [-0.25, -0.2) is 4.98 Å². The molecule has 0 radical (unpaired) electrons. The van der Waals surface area contributed by atoms with Gasteiger partial charge in [0.05, 0.1) is 15.2 Å². The van der Waals surface area contributed by atoms with Crippen molar-refractivity contribution in [2.24, 2.45) is 5.73 Å². The Hall–Kier alpha value is -1.56. The molecule has 0 aliphatic rings. The van der Waals surface area contributed by atoms with Gasteiger partial charge in [-0.15, -0.1) is 11.3 Å². The molecule has 3 nitrogen and oxygen atoms in total. The summed E-state index contributed by atoms with van der Waals surface area (Å²) in [5, 5.41) is 8.14. The number of nitrogens with one attached hydrogen (secondary N) is 1. The van der Waals surface area contributed by atoms with Gasteiger partial charge in [0.1, 0.15) is 5.84 Å². The van der Waals surface area contributed by atoms with Crippen LogP contribution in [-0.2, 0) is 0 Å². The van der Waals surface area contributed by atoms with Gasteiger partial charge in [0.15, 0.2) is 4.34 Å². The molecule has 3 aromatic rings. The molecule has 0 amide bonds. The van der Waals surface area contributed by atoms with Crippen LogP contribution in [0.3, 0.4) is 0 Å². The maximum Gasteiger partial charge on any atom is 0.155 e. The first kappa shape index (κ1) is 13.4. The van der Waals surface area contributed by atoms with Gasteiger partial charge in [-0.2, -0.15) is 0 Å². The van der Waals surface area contributed by atoms with E-state index in [1.54, 1.807) is 17.4 Å². The lowest BCUT2D eigenvalue weighted by molar-refractivity contribution is 1.28. The summed E-state index contributed by atoms with van der Waals surface area (Å²) in [6.45, 7) is 0. The van der Waals surface area contributed by atoms with Gasteiger partial charge >= 0.3 is 0 Å². The molecule has 0 atom stereocenters. The lowest BCUT2D eigenvalue weighted by Crippen LogP contribution is -2.12. The molecule has 2 aromatic carbocycles. The second-order valence-corrected chi connectivity index (χ2v) is 6.80. The maximum atomic E-state index is 7.65. The number of benzene rings is 2. The Labute approximate surface area is 129 Å². The number of hydrogen-bond acceptors (Lipinski definition) is 4. The third-order valence-corrected chi connectivity index (χ3v) is 5.19. The molecule has 0 aliphatic carbocycles. The largest absolute Gasteiger partial charge is 0.384 e. The van der Waals surface area contributed by atoms with Crippen molar-refractivity contribution in [1.29, 1.82) is 5.41 Å². The Balaban J connectivity index is 2.02. The van der Waals surface area contributed by atoms with E-state index in [-0.39, 0.29) is 5.84 Å². The molecule has 0 aliphatic heterocycles. The van der Waals surface area contributed by atoms with Gasteiger partial charge in [0.25, 0.3) is 0 Å². The smallest absolute Gasteiger partial charge is 0.155 e. The number of fused-ring (bicyclic) bond motifs is 1. The number of thiazole rings is 1. The zero-order valence-electron chi connectivity index (χ0n) is 10.3. The first-order chi connectivity index (χ1) is 9.65. The van der Waals surface area contributed by atoms with Crippen LogP contribution in [0.2, 0.25) is 5.02 Å². The first-order valence-corrected chi connectivity index (χ1v) is 7.82. The van der Waals surface area contributed by atoms with Crippen LogP contribution in [0.4, 0.5) is 0 Å². The van der Waals surface area contributed by atoms with E-state index in [0.29, 0.717) is 10.6 Å². The maximum absolute atomic E-state index is 7.65. The normalized spacial score (nSPS) is 10.8. The van der Waals surface area contributed by atoms with Crippen LogP contribution >= 0.6 is 34.7 Å². The third-order valence-electron chi connectivity index (χ3n) is 2.72. The van der Waals surface area contributed by atoms with E-state index in [2.05, 4.69) is 4.98 Å². The van der Waals surface area contributed by atoms with Crippen LogP contribution in [0.15, 0.2) is 51.7 Å². The van der Waals surface area contributed by atoms with Gasteiger partial charge in [-0.1, -0.05) is 41.6 Å². The summed E-state index contributed by atoms with van der Waals surface area (Å²) in [5.74, 6) is -0.0285. The van der Waals surface area contributed by atoms with E-state index in [1.165, 1.54) is 11.8 Å². The molecule has 0 saturated carbocycles. The van der Waals surface area contributed by atoms with Crippen LogP contribution in [0.5, 0.6) is 0 Å². The van der Waals surface area contributed by atoms with E-state index in [1.807, 2.05) is 36.4 Å². The number of rotatable bonds is 3. The van der Waals surface area contributed by atoms with Gasteiger partial charge in [0.2, 0.25) is 0 Å². The average molecular weight is 320 g/mol. The molecule has 0 bridgehead atoms. The first-order valence-electron chi connectivity index (χ1n) is 5.81. The highest BCUT2D eigenvalue weighted by molar-refractivity contribution is 8.01. The minimum absolute atomic E-state index is 0.0285. The predicted octanol–water partition coefficient (Wildman–Crippen LogP) is 4.38. The van der Waals surface area contributed by atoms with E-state index in [4.69, 9.17) is 22.7 Å². The number of para-hydroxylation sites is 1. The fourth-order valence-corrected chi connectivity index (χ4v) is 4.37.